The fourth-order valence-corrected chi connectivity index (χ4v) is 3.03. The lowest BCUT2D eigenvalue weighted by Gasteiger charge is -2.40. The van der Waals surface area contributed by atoms with Crippen LogP contribution in [0.4, 0.5) is 4.39 Å². The van der Waals surface area contributed by atoms with E-state index in [1.54, 1.807) is 0 Å². The molecular formula is C19H22FN. The van der Waals surface area contributed by atoms with Crippen LogP contribution < -0.4 is 5.32 Å². The average Bonchev–Trinajstić information content (AvgIpc) is 2.48. The lowest BCUT2D eigenvalue weighted by Crippen LogP contribution is -2.39. The molecule has 1 saturated carbocycles. The third kappa shape index (κ3) is 3.33. The monoisotopic (exact) mass is 283 g/mol. The second kappa shape index (κ2) is 5.98. The van der Waals surface area contributed by atoms with Crippen molar-refractivity contribution in [2.45, 2.75) is 32.2 Å². The molecule has 0 radical (unpaired) electrons. The fourth-order valence-electron chi connectivity index (χ4n) is 3.03. The van der Waals surface area contributed by atoms with Crippen LogP contribution >= 0.6 is 0 Å². The van der Waals surface area contributed by atoms with E-state index in [1.165, 1.54) is 37.0 Å². The first-order chi connectivity index (χ1) is 10.2. The topological polar surface area (TPSA) is 12.0 Å². The molecule has 2 heteroatoms. The number of nitrogens with one attached hydrogen (secondary N) is 1. The van der Waals surface area contributed by atoms with Gasteiger partial charge in [-0.15, -0.1) is 0 Å². The molecule has 1 aliphatic carbocycles. The molecule has 1 fully saturated rings. The van der Waals surface area contributed by atoms with Crippen LogP contribution in [0.5, 0.6) is 0 Å². The summed E-state index contributed by atoms with van der Waals surface area (Å²) in [5.41, 5.74) is 2.77. The lowest BCUT2D eigenvalue weighted by molar-refractivity contribution is 0.153. The molecule has 0 saturated heterocycles. The van der Waals surface area contributed by atoms with Gasteiger partial charge >= 0.3 is 0 Å². The first-order valence-electron chi connectivity index (χ1n) is 7.70. The predicted molar refractivity (Wildman–Crippen MR) is 84.6 cm³/mol. The number of hydrogen-bond acceptors (Lipinski definition) is 1. The van der Waals surface area contributed by atoms with E-state index in [0.29, 0.717) is 5.41 Å². The molecule has 110 valence electrons. The van der Waals surface area contributed by atoms with Crippen molar-refractivity contribution in [1.82, 2.24) is 5.32 Å². The number of hydrogen-bond donors (Lipinski definition) is 1. The Hall–Kier alpha value is -1.67. The summed E-state index contributed by atoms with van der Waals surface area (Å²) in [7, 11) is 0. The first-order valence-corrected chi connectivity index (χ1v) is 7.70. The first kappa shape index (κ1) is 14.3. The zero-order chi connectivity index (χ0) is 14.7. The highest BCUT2D eigenvalue weighted by molar-refractivity contribution is 5.31. The van der Waals surface area contributed by atoms with Crippen molar-refractivity contribution in [2.75, 3.05) is 6.54 Å². The van der Waals surface area contributed by atoms with Gasteiger partial charge < -0.3 is 5.32 Å². The summed E-state index contributed by atoms with van der Waals surface area (Å²) in [6.45, 7) is 3.35. The van der Waals surface area contributed by atoms with Crippen LogP contribution in [0.15, 0.2) is 54.6 Å². The molecule has 0 heterocycles. The quantitative estimate of drug-likeness (QED) is 0.839. The molecule has 21 heavy (non-hydrogen) atoms. The van der Waals surface area contributed by atoms with Crippen LogP contribution in [0.3, 0.4) is 0 Å². The average molecular weight is 283 g/mol. The number of halogens is 1. The highest BCUT2D eigenvalue weighted by atomic mass is 19.1. The van der Waals surface area contributed by atoms with Gasteiger partial charge in [-0.2, -0.15) is 0 Å². The molecule has 1 atom stereocenters. The van der Waals surface area contributed by atoms with Gasteiger partial charge in [-0.05, 0) is 41.5 Å². The van der Waals surface area contributed by atoms with Gasteiger partial charge in [-0.3, -0.25) is 0 Å². The SMILES string of the molecule is CC1(CNC(c2ccccc2)c2ccc(F)cc2)CCC1. The zero-order valence-corrected chi connectivity index (χ0v) is 12.5. The Balaban J connectivity index is 1.82. The second-order valence-corrected chi connectivity index (χ2v) is 6.44. The Kier molecular flexibility index (Phi) is 4.07. The Bertz CT molecular complexity index is 572. The van der Waals surface area contributed by atoms with Gasteiger partial charge in [-0.25, -0.2) is 4.39 Å². The van der Waals surface area contributed by atoms with Crippen molar-refractivity contribution in [2.24, 2.45) is 5.41 Å². The van der Waals surface area contributed by atoms with Gasteiger partial charge in [0.05, 0.1) is 6.04 Å². The van der Waals surface area contributed by atoms with E-state index in [0.717, 1.165) is 12.1 Å². The third-order valence-corrected chi connectivity index (χ3v) is 4.63. The number of rotatable bonds is 5. The Morgan fingerprint density at radius 2 is 1.62 bits per heavy atom. The summed E-state index contributed by atoms with van der Waals surface area (Å²) in [5.74, 6) is -0.184. The van der Waals surface area contributed by atoms with Gasteiger partial charge in [0.1, 0.15) is 5.82 Å². The fraction of sp³-hybridized carbons (Fsp3) is 0.368. The molecule has 3 rings (SSSR count). The van der Waals surface area contributed by atoms with Crippen molar-refractivity contribution < 1.29 is 4.39 Å². The highest BCUT2D eigenvalue weighted by Gasteiger charge is 2.32. The second-order valence-electron chi connectivity index (χ2n) is 6.44. The smallest absolute Gasteiger partial charge is 0.123 e. The van der Waals surface area contributed by atoms with Gasteiger partial charge in [-0.1, -0.05) is 55.8 Å². The molecule has 2 aromatic rings. The maximum atomic E-state index is 13.2. The van der Waals surface area contributed by atoms with Crippen molar-refractivity contribution in [3.63, 3.8) is 0 Å². The van der Waals surface area contributed by atoms with E-state index >= 15 is 0 Å². The normalized spacial score (nSPS) is 18.0. The van der Waals surface area contributed by atoms with Crippen molar-refractivity contribution in [3.05, 3.63) is 71.5 Å². The van der Waals surface area contributed by atoms with Crippen LogP contribution in [0.25, 0.3) is 0 Å². The van der Waals surface area contributed by atoms with Gasteiger partial charge in [0.2, 0.25) is 0 Å². The van der Waals surface area contributed by atoms with E-state index < -0.39 is 0 Å². The van der Waals surface area contributed by atoms with Crippen LogP contribution in [0.2, 0.25) is 0 Å². The van der Waals surface area contributed by atoms with Crippen molar-refractivity contribution in [3.8, 4) is 0 Å². The minimum Gasteiger partial charge on any atom is -0.306 e. The van der Waals surface area contributed by atoms with Crippen molar-refractivity contribution >= 4 is 0 Å². The van der Waals surface area contributed by atoms with Gasteiger partial charge in [0, 0.05) is 6.54 Å². The van der Waals surface area contributed by atoms with Crippen LogP contribution in [-0.4, -0.2) is 6.54 Å². The standard InChI is InChI=1S/C19H22FN/c1-19(12-5-13-19)14-21-18(15-6-3-2-4-7-15)16-8-10-17(20)11-9-16/h2-4,6-11,18,21H,5,12-14H2,1H3. The summed E-state index contributed by atoms with van der Waals surface area (Å²) >= 11 is 0. The zero-order valence-electron chi connectivity index (χ0n) is 12.5. The summed E-state index contributed by atoms with van der Waals surface area (Å²) in [4.78, 5) is 0. The van der Waals surface area contributed by atoms with E-state index in [1.807, 2.05) is 18.2 Å². The van der Waals surface area contributed by atoms with E-state index in [9.17, 15) is 4.39 Å². The minimum absolute atomic E-state index is 0.129. The number of benzene rings is 2. The summed E-state index contributed by atoms with van der Waals surface area (Å²) in [6.07, 6.45) is 3.93. The molecule has 1 nitrogen and oxygen atoms in total. The Labute approximate surface area is 126 Å². The predicted octanol–water partition coefficient (Wildman–Crippen LogP) is 4.69. The molecule has 0 aromatic heterocycles. The molecule has 1 unspecified atom stereocenters. The minimum atomic E-state index is -0.184. The maximum Gasteiger partial charge on any atom is 0.123 e. The van der Waals surface area contributed by atoms with Crippen LogP contribution in [-0.2, 0) is 0 Å². The molecule has 0 bridgehead atoms. The maximum absolute atomic E-state index is 13.2. The molecule has 1 N–H and O–H groups in total. The molecule has 2 aromatic carbocycles. The van der Waals surface area contributed by atoms with Gasteiger partial charge in [0.25, 0.3) is 0 Å². The van der Waals surface area contributed by atoms with Crippen LogP contribution in [0.1, 0.15) is 43.4 Å². The van der Waals surface area contributed by atoms with E-state index in [2.05, 4.69) is 36.5 Å². The Morgan fingerprint density at radius 3 is 2.19 bits per heavy atom. The third-order valence-electron chi connectivity index (χ3n) is 4.63. The van der Waals surface area contributed by atoms with Crippen LogP contribution in [0, 0.1) is 11.2 Å². The summed E-state index contributed by atoms with van der Waals surface area (Å²) in [5, 5.41) is 3.69. The molecule has 0 spiro atoms. The highest BCUT2D eigenvalue weighted by Crippen LogP contribution is 2.40. The van der Waals surface area contributed by atoms with E-state index in [-0.39, 0.29) is 11.9 Å². The molecule has 0 amide bonds. The molecular weight excluding hydrogens is 261 g/mol. The summed E-state index contributed by atoms with van der Waals surface area (Å²) in [6, 6.07) is 17.4. The largest absolute Gasteiger partial charge is 0.306 e. The lowest BCUT2D eigenvalue weighted by atomic mass is 9.70. The summed E-state index contributed by atoms with van der Waals surface area (Å²) < 4.78 is 13.2. The van der Waals surface area contributed by atoms with Crippen molar-refractivity contribution in [1.29, 1.82) is 0 Å². The molecule has 1 aliphatic rings. The van der Waals surface area contributed by atoms with E-state index in [4.69, 9.17) is 0 Å². The molecule has 0 aliphatic heterocycles. The van der Waals surface area contributed by atoms with Gasteiger partial charge in [0.15, 0.2) is 0 Å². The Morgan fingerprint density at radius 1 is 1.00 bits per heavy atom.